The molecule has 0 aliphatic carbocycles. The molecule has 3 aromatic rings. The summed E-state index contributed by atoms with van der Waals surface area (Å²) in [5, 5.41) is 3.03. The van der Waals surface area contributed by atoms with E-state index in [1.54, 1.807) is 22.9 Å². The fourth-order valence-corrected chi connectivity index (χ4v) is 2.93. The summed E-state index contributed by atoms with van der Waals surface area (Å²) in [6, 6.07) is 3.60. The third kappa shape index (κ3) is 2.07. The van der Waals surface area contributed by atoms with Crippen molar-refractivity contribution in [2.75, 3.05) is 0 Å². The Hall–Kier alpha value is -0.880. The lowest BCUT2D eigenvalue weighted by Crippen LogP contribution is -1.99. The largest absolute Gasteiger partial charge is 0.331 e. The molecule has 0 bridgehead atoms. The Morgan fingerprint density at radius 1 is 1.33 bits per heavy atom. The number of rotatable bonds is 2. The first-order valence-electron chi connectivity index (χ1n) is 5.10. The Labute approximate surface area is 122 Å². The lowest BCUT2D eigenvalue weighted by molar-refractivity contribution is 0.791. The van der Waals surface area contributed by atoms with E-state index in [9.17, 15) is 0 Å². The number of thiazole rings is 1. The zero-order valence-corrected chi connectivity index (χ0v) is 12.1. The molecule has 1 N–H and O–H groups in total. The highest BCUT2D eigenvalue weighted by atomic mass is 35.5. The van der Waals surface area contributed by atoms with Crippen molar-refractivity contribution in [2.45, 2.75) is 6.54 Å². The molecular formula is C11H7Cl2N3S2. The fourth-order valence-electron chi connectivity index (χ4n) is 1.79. The van der Waals surface area contributed by atoms with Crippen molar-refractivity contribution in [3.8, 4) is 0 Å². The van der Waals surface area contributed by atoms with Crippen LogP contribution < -0.4 is 0 Å². The van der Waals surface area contributed by atoms with Crippen LogP contribution in [0.1, 0.15) is 5.69 Å². The summed E-state index contributed by atoms with van der Waals surface area (Å²) in [5.74, 6) is 0. The molecule has 0 amide bonds. The van der Waals surface area contributed by atoms with Crippen LogP contribution in [0.25, 0.3) is 11.0 Å². The SMILES string of the molecule is S=c1[nH]c2cc(Cl)c(Cl)cc2n1Cc1cscn1. The second-order valence-electron chi connectivity index (χ2n) is 3.78. The maximum absolute atomic E-state index is 6.04. The zero-order chi connectivity index (χ0) is 12.7. The van der Waals surface area contributed by atoms with Gasteiger partial charge in [0.2, 0.25) is 0 Å². The second kappa shape index (κ2) is 4.66. The van der Waals surface area contributed by atoms with Gasteiger partial charge in [0.05, 0.1) is 38.8 Å². The van der Waals surface area contributed by atoms with Crippen molar-refractivity contribution >= 4 is 57.8 Å². The van der Waals surface area contributed by atoms with Gasteiger partial charge < -0.3 is 9.55 Å². The summed E-state index contributed by atoms with van der Waals surface area (Å²) < 4.78 is 2.60. The third-order valence-electron chi connectivity index (χ3n) is 2.62. The Morgan fingerprint density at radius 2 is 2.11 bits per heavy atom. The summed E-state index contributed by atoms with van der Waals surface area (Å²) in [6.07, 6.45) is 0. The Balaban J connectivity index is 2.19. The van der Waals surface area contributed by atoms with E-state index < -0.39 is 0 Å². The molecule has 3 nitrogen and oxygen atoms in total. The lowest BCUT2D eigenvalue weighted by Gasteiger charge is -2.02. The predicted molar refractivity (Wildman–Crippen MR) is 78.4 cm³/mol. The second-order valence-corrected chi connectivity index (χ2v) is 5.70. The minimum atomic E-state index is 0.515. The zero-order valence-electron chi connectivity index (χ0n) is 8.98. The highest BCUT2D eigenvalue weighted by molar-refractivity contribution is 7.71. The molecule has 0 fully saturated rings. The summed E-state index contributed by atoms with van der Waals surface area (Å²) in [6.45, 7) is 0.625. The minimum absolute atomic E-state index is 0.515. The van der Waals surface area contributed by atoms with E-state index in [1.807, 2.05) is 16.0 Å². The van der Waals surface area contributed by atoms with Crippen LogP contribution in [-0.2, 0) is 6.54 Å². The van der Waals surface area contributed by atoms with Crippen LogP contribution in [0.2, 0.25) is 10.0 Å². The smallest absolute Gasteiger partial charge is 0.178 e. The van der Waals surface area contributed by atoms with E-state index in [-0.39, 0.29) is 0 Å². The minimum Gasteiger partial charge on any atom is -0.331 e. The molecule has 0 saturated carbocycles. The molecule has 0 atom stereocenters. The van der Waals surface area contributed by atoms with Gasteiger partial charge in [-0.3, -0.25) is 0 Å². The van der Waals surface area contributed by atoms with Gasteiger partial charge in [-0.1, -0.05) is 23.2 Å². The van der Waals surface area contributed by atoms with Crippen LogP contribution in [0.5, 0.6) is 0 Å². The number of nitrogens with zero attached hydrogens (tertiary/aromatic N) is 2. The number of nitrogens with one attached hydrogen (secondary N) is 1. The van der Waals surface area contributed by atoms with Crippen molar-refractivity contribution in [2.24, 2.45) is 0 Å². The number of hydrogen-bond acceptors (Lipinski definition) is 3. The van der Waals surface area contributed by atoms with Crippen molar-refractivity contribution in [1.29, 1.82) is 0 Å². The van der Waals surface area contributed by atoms with Gasteiger partial charge in [0.15, 0.2) is 4.77 Å². The highest BCUT2D eigenvalue weighted by Gasteiger charge is 2.09. The van der Waals surface area contributed by atoms with Crippen LogP contribution in [0, 0.1) is 4.77 Å². The number of imidazole rings is 1. The maximum atomic E-state index is 6.04. The molecule has 3 rings (SSSR count). The van der Waals surface area contributed by atoms with E-state index >= 15 is 0 Å². The van der Waals surface area contributed by atoms with Gasteiger partial charge in [-0.15, -0.1) is 11.3 Å². The number of hydrogen-bond donors (Lipinski definition) is 1. The monoisotopic (exact) mass is 315 g/mol. The molecule has 0 aliphatic rings. The summed E-state index contributed by atoms with van der Waals surface area (Å²) in [7, 11) is 0. The van der Waals surface area contributed by atoms with Crippen molar-refractivity contribution in [3.05, 3.63) is 43.5 Å². The number of aromatic amines is 1. The van der Waals surface area contributed by atoms with E-state index in [0.717, 1.165) is 16.7 Å². The van der Waals surface area contributed by atoms with E-state index in [0.29, 0.717) is 21.4 Å². The Kier molecular flexibility index (Phi) is 3.15. The predicted octanol–water partition coefficient (Wildman–Crippen LogP) is 4.51. The van der Waals surface area contributed by atoms with Crippen LogP contribution >= 0.6 is 46.8 Å². The van der Waals surface area contributed by atoms with E-state index in [2.05, 4.69) is 9.97 Å². The molecular weight excluding hydrogens is 309 g/mol. The molecule has 1 aromatic carbocycles. The van der Waals surface area contributed by atoms with Crippen LogP contribution in [-0.4, -0.2) is 14.5 Å². The van der Waals surface area contributed by atoms with Gasteiger partial charge in [0.1, 0.15) is 0 Å². The number of benzene rings is 1. The van der Waals surface area contributed by atoms with Crippen molar-refractivity contribution in [1.82, 2.24) is 14.5 Å². The Bertz CT molecular complexity index is 759. The highest BCUT2D eigenvalue weighted by Crippen LogP contribution is 2.28. The summed E-state index contributed by atoms with van der Waals surface area (Å²) in [4.78, 5) is 7.38. The van der Waals surface area contributed by atoms with Crippen LogP contribution in [0.4, 0.5) is 0 Å². The van der Waals surface area contributed by atoms with Gasteiger partial charge in [0, 0.05) is 5.38 Å². The number of H-pyrrole nitrogens is 1. The molecule has 2 aromatic heterocycles. The maximum Gasteiger partial charge on any atom is 0.178 e. The molecule has 0 radical (unpaired) electrons. The van der Waals surface area contributed by atoms with Crippen molar-refractivity contribution < 1.29 is 0 Å². The number of halogens is 2. The molecule has 7 heteroatoms. The van der Waals surface area contributed by atoms with Crippen LogP contribution in [0.3, 0.4) is 0 Å². The average molecular weight is 316 g/mol. The first-order valence-corrected chi connectivity index (χ1v) is 7.20. The molecule has 92 valence electrons. The quantitative estimate of drug-likeness (QED) is 0.706. The summed E-state index contributed by atoms with van der Waals surface area (Å²) >= 11 is 18.9. The molecule has 0 spiro atoms. The van der Waals surface area contributed by atoms with E-state index in [1.165, 1.54) is 0 Å². The van der Waals surface area contributed by atoms with Crippen LogP contribution in [0.15, 0.2) is 23.0 Å². The fraction of sp³-hybridized carbons (Fsp3) is 0.0909. The van der Waals surface area contributed by atoms with E-state index in [4.69, 9.17) is 35.4 Å². The van der Waals surface area contributed by atoms with Crippen molar-refractivity contribution in [3.63, 3.8) is 0 Å². The number of fused-ring (bicyclic) bond motifs is 1. The van der Waals surface area contributed by atoms with Gasteiger partial charge in [-0.2, -0.15) is 0 Å². The molecule has 0 unspecified atom stereocenters. The molecule has 2 heterocycles. The average Bonchev–Trinajstić information content (AvgIpc) is 2.92. The van der Waals surface area contributed by atoms with Gasteiger partial charge >= 0.3 is 0 Å². The molecule has 0 saturated heterocycles. The first kappa shape index (κ1) is 12.2. The molecule has 18 heavy (non-hydrogen) atoms. The van der Waals surface area contributed by atoms with Gasteiger partial charge in [-0.05, 0) is 24.4 Å². The van der Waals surface area contributed by atoms with Gasteiger partial charge in [-0.25, -0.2) is 4.98 Å². The summed E-state index contributed by atoms with van der Waals surface area (Å²) in [5.41, 5.74) is 4.59. The van der Waals surface area contributed by atoms with Gasteiger partial charge in [0.25, 0.3) is 0 Å². The Morgan fingerprint density at radius 3 is 2.83 bits per heavy atom. The standard InChI is InChI=1S/C11H7Cl2N3S2/c12-7-1-9-10(2-8(7)13)16(11(17)15-9)3-6-4-18-5-14-6/h1-2,4-5H,3H2,(H,15,17). The number of aromatic nitrogens is 3. The normalized spacial score (nSPS) is 11.2. The lowest BCUT2D eigenvalue weighted by atomic mass is 10.3. The topological polar surface area (TPSA) is 33.6 Å². The first-order chi connectivity index (χ1) is 8.65. The molecule has 0 aliphatic heterocycles. The third-order valence-corrected chi connectivity index (χ3v) is 4.30.